The highest BCUT2D eigenvalue weighted by molar-refractivity contribution is 5.82. The molecule has 0 saturated heterocycles. The maximum atomic E-state index is 13.6. The third-order valence-electron chi connectivity index (χ3n) is 6.14. The Labute approximate surface area is 191 Å². The Morgan fingerprint density at radius 2 is 1.41 bits per heavy atom. The first kappa shape index (κ1) is 21.9. The number of carbonyl (C=O) groups excluding carboxylic acids is 1. The summed E-state index contributed by atoms with van der Waals surface area (Å²) in [6.07, 6.45) is 4.54. The Bertz CT molecular complexity index is 1020. The zero-order valence-corrected chi connectivity index (χ0v) is 18.7. The van der Waals surface area contributed by atoms with Crippen LogP contribution in [0.4, 0.5) is 5.69 Å². The average Bonchev–Trinajstić information content (AvgIpc) is 3.26. The van der Waals surface area contributed by atoms with E-state index in [1.54, 1.807) is 0 Å². The lowest BCUT2D eigenvalue weighted by atomic mass is 9.82. The molecule has 1 aliphatic rings. The summed E-state index contributed by atoms with van der Waals surface area (Å²) in [5.41, 5.74) is 3.20. The number of carbonyl (C=O) groups is 1. The third-order valence-corrected chi connectivity index (χ3v) is 6.14. The summed E-state index contributed by atoms with van der Waals surface area (Å²) in [5, 5.41) is 8.33. The smallest absolute Gasteiger partial charge is 0.292 e. The monoisotopic (exact) mass is 426 g/mol. The Morgan fingerprint density at radius 1 is 0.812 bits per heavy atom. The van der Waals surface area contributed by atoms with Crippen molar-refractivity contribution >= 4 is 11.6 Å². The predicted molar refractivity (Wildman–Crippen MR) is 128 cm³/mol. The van der Waals surface area contributed by atoms with E-state index < -0.39 is 6.04 Å². The number of azo groups is 2. The molecule has 1 heterocycles. The van der Waals surface area contributed by atoms with Gasteiger partial charge in [-0.15, -0.1) is 0 Å². The normalized spacial score (nSPS) is 20.0. The number of nitrogens with one attached hydrogen (secondary N) is 1. The summed E-state index contributed by atoms with van der Waals surface area (Å²) >= 11 is 0. The van der Waals surface area contributed by atoms with E-state index in [0.717, 1.165) is 29.7 Å². The zero-order valence-electron chi connectivity index (χ0n) is 18.7. The van der Waals surface area contributed by atoms with Crippen LogP contribution in [0.2, 0.25) is 0 Å². The highest BCUT2D eigenvalue weighted by Crippen LogP contribution is 2.45. The average molecular weight is 427 g/mol. The fourth-order valence-corrected chi connectivity index (χ4v) is 4.52. The van der Waals surface area contributed by atoms with Crippen LogP contribution >= 0.6 is 0 Å². The van der Waals surface area contributed by atoms with Gasteiger partial charge in [-0.05, 0) is 22.7 Å². The molecule has 0 aromatic heterocycles. The van der Waals surface area contributed by atoms with E-state index in [9.17, 15) is 4.79 Å². The van der Waals surface area contributed by atoms with Crippen LogP contribution in [-0.2, 0) is 4.79 Å². The number of rotatable bonds is 9. The van der Waals surface area contributed by atoms with Crippen molar-refractivity contribution in [2.75, 3.05) is 6.54 Å². The SMILES string of the molecule is CCCCCCNC(=O)C1C(c2ccccc2)C(c2ccccc2)N=[N+]1c1ccccc1. The van der Waals surface area contributed by atoms with Crippen molar-refractivity contribution in [3.8, 4) is 0 Å². The molecular weight excluding hydrogens is 394 g/mol. The van der Waals surface area contributed by atoms with Gasteiger partial charge in [-0.3, -0.25) is 4.79 Å². The van der Waals surface area contributed by atoms with Gasteiger partial charge in [0.25, 0.3) is 11.9 Å². The second-order valence-electron chi connectivity index (χ2n) is 8.38. The van der Waals surface area contributed by atoms with Crippen LogP contribution in [-0.4, -0.2) is 23.2 Å². The van der Waals surface area contributed by atoms with Crippen molar-refractivity contribution in [1.29, 1.82) is 0 Å². The number of hydrogen-bond donors (Lipinski definition) is 1. The molecule has 0 bridgehead atoms. The van der Waals surface area contributed by atoms with Gasteiger partial charge in [0.05, 0.1) is 5.92 Å². The Kier molecular flexibility index (Phi) is 7.44. The molecule has 164 valence electrons. The Hall–Kier alpha value is -3.27. The molecule has 1 aliphatic heterocycles. The van der Waals surface area contributed by atoms with Crippen LogP contribution in [0.3, 0.4) is 0 Å². The minimum absolute atomic E-state index is 0.0429. The molecule has 0 aliphatic carbocycles. The van der Waals surface area contributed by atoms with Gasteiger partial charge in [-0.25, -0.2) is 0 Å². The van der Waals surface area contributed by atoms with Crippen LogP contribution in [0.25, 0.3) is 0 Å². The van der Waals surface area contributed by atoms with Gasteiger partial charge in [0.15, 0.2) is 6.04 Å². The van der Waals surface area contributed by atoms with Gasteiger partial charge in [-0.2, -0.15) is 0 Å². The van der Waals surface area contributed by atoms with Gasteiger partial charge in [0, 0.05) is 18.7 Å². The molecule has 3 unspecified atom stereocenters. The van der Waals surface area contributed by atoms with E-state index in [-0.39, 0.29) is 17.9 Å². The highest BCUT2D eigenvalue weighted by atomic mass is 16.2. The maximum Gasteiger partial charge on any atom is 0.292 e. The molecule has 0 radical (unpaired) electrons. The molecule has 4 heteroatoms. The zero-order chi connectivity index (χ0) is 22.2. The van der Waals surface area contributed by atoms with E-state index in [0.29, 0.717) is 6.54 Å². The molecule has 3 aromatic carbocycles. The summed E-state index contributed by atoms with van der Waals surface area (Å²) in [7, 11) is 0. The van der Waals surface area contributed by atoms with Gasteiger partial charge < -0.3 is 5.32 Å². The van der Waals surface area contributed by atoms with Crippen molar-refractivity contribution in [2.24, 2.45) is 5.11 Å². The van der Waals surface area contributed by atoms with Gasteiger partial charge in [0.2, 0.25) is 5.69 Å². The van der Waals surface area contributed by atoms with Crippen molar-refractivity contribution in [1.82, 2.24) is 5.32 Å². The molecule has 0 fully saturated rings. The van der Waals surface area contributed by atoms with Crippen LogP contribution in [0, 0.1) is 0 Å². The number of para-hydroxylation sites is 1. The lowest BCUT2D eigenvalue weighted by Gasteiger charge is -2.20. The maximum absolute atomic E-state index is 13.6. The lowest BCUT2D eigenvalue weighted by Crippen LogP contribution is -2.42. The first-order valence-electron chi connectivity index (χ1n) is 11.7. The summed E-state index contributed by atoms with van der Waals surface area (Å²) in [4.78, 5) is 13.6. The fraction of sp³-hybridized carbons (Fsp3) is 0.321. The summed E-state index contributed by atoms with van der Waals surface area (Å²) in [5.74, 6) is -0.0316. The van der Waals surface area contributed by atoms with Gasteiger partial charge in [-0.1, -0.05) is 110 Å². The minimum Gasteiger partial charge on any atom is -0.350 e. The highest BCUT2D eigenvalue weighted by Gasteiger charge is 2.52. The van der Waals surface area contributed by atoms with Crippen LogP contribution in [0.1, 0.15) is 55.7 Å². The first-order chi connectivity index (χ1) is 15.8. The molecule has 0 saturated carbocycles. The second-order valence-corrected chi connectivity index (χ2v) is 8.38. The van der Waals surface area contributed by atoms with Crippen molar-refractivity contribution in [3.05, 3.63) is 102 Å². The molecule has 4 rings (SSSR count). The number of hydrogen-bond acceptors (Lipinski definition) is 2. The van der Waals surface area contributed by atoms with E-state index in [4.69, 9.17) is 5.11 Å². The molecule has 32 heavy (non-hydrogen) atoms. The molecule has 0 spiro atoms. The minimum atomic E-state index is -0.406. The number of benzene rings is 3. The van der Waals surface area contributed by atoms with Crippen LogP contribution in [0.5, 0.6) is 0 Å². The van der Waals surface area contributed by atoms with E-state index in [1.165, 1.54) is 12.8 Å². The summed E-state index contributed by atoms with van der Waals surface area (Å²) in [6.45, 7) is 2.90. The molecule has 1 amide bonds. The topological polar surface area (TPSA) is 44.5 Å². The summed E-state index contributed by atoms with van der Waals surface area (Å²) < 4.78 is 1.94. The third kappa shape index (κ3) is 4.96. The van der Waals surface area contributed by atoms with Crippen molar-refractivity contribution in [2.45, 2.75) is 50.6 Å². The molecule has 4 nitrogen and oxygen atoms in total. The van der Waals surface area contributed by atoms with Crippen molar-refractivity contribution < 1.29 is 9.49 Å². The van der Waals surface area contributed by atoms with E-state index in [1.807, 2.05) is 71.4 Å². The van der Waals surface area contributed by atoms with Crippen LogP contribution < -0.4 is 5.32 Å². The number of amides is 1. The largest absolute Gasteiger partial charge is 0.350 e. The molecule has 1 N–H and O–H groups in total. The van der Waals surface area contributed by atoms with Crippen molar-refractivity contribution in [3.63, 3.8) is 0 Å². The Balaban J connectivity index is 1.71. The van der Waals surface area contributed by atoms with Gasteiger partial charge >= 0.3 is 0 Å². The lowest BCUT2D eigenvalue weighted by molar-refractivity contribution is -0.525. The number of nitrogens with zero attached hydrogens (tertiary/aromatic N) is 2. The van der Waals surface area contributed by atoms with E-state index >= 15 is 0 Å². The molecule has 3 atom stereocenters. The van der Waals surface area contributed by atoms with Crippen LogP contribution in [0.15, 0.2) is 96.1 Å². The predicted octanol–water partition coefficient (Wildman–Crippen LogP) is 6.39. The molecule has 3 aromatic rings. The molecular formula is C28H32N3O+. The number of unbranched alkanes of at least 4 members (excludes halogenated alkanes) is 3. The first-order valence-corrected chi connectivity index (χ1v) is 11.7. The second kappa shape index (κ2) is 10.9. The van der Waals surface area contributed by atoms with E-state index in [2.05, 4.69) is 36.5 Å². The quantitative estimate of drug-likeness (QED) is 0.313. The fourth-order valence-electron chi connectivity index (χ4n) is 4.52. The van der Waals surface area contributed by atoms with Gasteiger partial charge in [0.1, 0.15) is 0 Å². The summed E-state index contributed by atoms with van der Waals surface area (Å²) in [6, 6.07) is 30.2. The Morgan fingerprint density at radius 3 is 2.03 bits per heavy atom. The standard InChI is InChI=1S/C28H31N3O/c1-2-3-4-14-21-29-28(32)27-25(22-15-8-5-9-16-22)26(23-17-10-6-11-18-23)30-31(27)24-19-12-7-13-20-24/h5-13,15-20,25-27H,2-4,14,21H2,1H3/p+1.